The standard InChI is InChI=1S/C10H17N7O2S/c1-3-11-4-8-5-12-16-10(8)20(18,19)14-6-9-15-13-7-17(9)2/h5,7,11,14H,3-4,6H2,1-2H3,(H,12,16). The van der Waals surface area contributed by atoms with E-state index in [2.05, 4.69) is 30.4 Å². The van der Waals surface area contributed by atoms with Crippen molar-refractivity contribution in [2.24, 2.45) is 7.05 Å². The molecule has 0 aliphatic heterocycles. The zero-order chi connectivity index (χ0) is 14.6. The second kappa shape index (κ2) is 6.11. The fourth-order valence-corrected chi connectivity index (χ4v) is 2.72. The highest BCUT2D eigenvalue weighted by Crippen LogP contribution is 2.11. The molecule has 2 aromatic rings. The molecular weight excluding hydrogens is 282 g/mol. The fraction of sp³-hybridized carbons (Fsp3) is 0.500. The van der Waals surface area contributed by atoms with Gasteiger partial charge in [-0.1, -0.05) is 6.92 Å². The number of nitrogens with one attached hydrogen (secondary N) is 3. The Morgan fingerprint density at radius 2 is 2.20 bits per heavy atom. The normalized spacial score (nSPS) is 11.9. The van der Waals surface area contributed by atoms with Crippen LogP contribution >= 0.6 is 0 Å². The molecule has 20 heavy (non-hydrogen) atoms. The molecule has 0 bridgehead atoms. The first-order valence-corrected chi connectivity index (χ1v) is 7.58. The van der Waals surface area contributed by atoms with Gasteiger partial charge in [-0.05, 0) is 6.54 Å². The molecule has 0 amide bonds. The van der Waals surface area contributed by atoms with Crippen molar-refractivity contribution in [2.45, 2.75) is 25.0 Å². The van der Waals surface area contributed by atoms with Gasteiger partial charge in [-0.25, -0.2) is 13.1 Å². The van der Waals surface area contributed by atoms with Crippen molar-refractivity contribution in [3.8, 4) is 0 Å². The molecule has 0 atom stereocenters. The summed E-state index contributed by atoms with van der Waals surface area (Å²) in [5.41, 5.74) is 0.595. The van der Waals surface area contributed by atoms with E-state index in [9.17, 15) is 8.42 Å². The third-order valence-electron chi connectivity index (χ3n) is 2.74. The van der Waals surface area contributed by atoms with Gasteiger partial charge in [0.15, 0.2) is 5.03 Å². The quantitative estimate of drug-likeness (QED) is 0.611. The Kier molecular flexibility index (Phi) is 4.47. The Bertz CT molecular complexity index is 661. The van der Waals surface area contributed by atoms with Gasteiger partial charge >= 0.3 is 0 Å². The van der Waals surface area contributed by atoms with Crippen LogP contribution < -0.4 is 10.0 Å². The lowest BCUT2D eigenvalue weighted by atomic mass is 10.3. The van der Waals surface area contributed by atoms with E-state index >= 15 is 0 Å². The van der Waals surface area contributed by atoms with Gasteiger partial charge in [0.2, 0.25) is 0 Å². The average molecular weight is 299 g/mol. The number of nitrogens with zero attached hydrogens (tertiary/aromatic N) is 4. The number of hydrogen-bond acceptors (Lipinski definition) is 6. The lowest BCUT2D eigenvalue weighted by Crippen LogP contribution is -2.26. The maximum absolute atomic E-state index is 12.2. The second-order valence-corrected chi connectivity index (χ2v) is 5.89. The van der Waals surface area contributed by atoms with Crippen LogP contribution in [0, 0.1) is 0 Å². The number of hydrogen-bond donors (Lipinski definition) is 3. The summed E-state index contributed by atoms with van der Waals surface area (Å²) in [5.74, 6) is 0.529. The lowest BCUT2D eigenvalue weighted by Gasteiger charge is -2.07. The summed E-state index contributed by atoms with van der Waals surface area (Å²) in [6.45, 7) is 3.20. The van der Waals surface area contributed by atoms with Gasteiger partial charge in [0.05, 0.1) is 12.7 Å². The Morgan fingerprint density at radius 3 is 2.85 bits per heavy atom. The fourth-order valence-electron chi connectivity index (χ4n) is 1.62. The van der Waals surface area contributed by atoms with E-state index in [0.717, 1.165) is 6.54 Å². The van der Waals surface area contributed by atoms with E-state index in [4.69, 9.17) is 0 Å². The smallest absolute Gasteiger partial charge is 0.258 e. The molecule has 0 saturated carbocycles. The summed E-state index contributed by atoms with van der Waals surface area (Å²) in [7, 11) is -1.91. The van der Waals surface area contributed by atoms with Gasteiger partial charge in [0, 0.05) is 19.2 Å². The molecule has 10 heteroatoms. The molecule has 110 valence electrons. The highest BCUT2D eigenvalue weighted by molar-refractivity contribution is 7.89. The molecule has 9 nitrogen and oxygen atoms in total. The molecule has 2 heterocycles. The Hall–Kier alpha value is -1.78. The molecule has 0 aliphatic carbocycles. The molecule has 2 aromatic heterocycles. The summed E-state index contributed by atoms with van der Waals surface area (Å²) in [5, 5.41) is 16.9. The first-order chi connectivity index (χ1) is 9.54. The molecule has 3 N–H and O–H groups in total. The molecule has 0 fully saturated rings. The Morgan fingerprint density at radius 1 is 1.40 bits per heavy atom. The van der Waals surface area contributed by atoms with E-state index in [1.165, 1.54) is 12.5 Å². The number of aromatic nitrogens is 5. The maximum atomic E-state index is 12.2. The van der Waals surface area contributed by atoms with E-state index in [-0.39, 0.29) is 11.6 Å². The van der Waals surface area contributed by atoms with Gasteiger partial charge in [-0.2, -0.15) is 5.10 Å². The summed E-state index contributed by atoms with van der Waals surface area (Å²) < 4.78 is 28.6. The minimum absolute atomic E-state index is 0.0680. The third kappa shape index (κ3) is 3.21. The summed E-state index contributed by atoms with van der Waals surface area (Å²) in [4.78, 5) is 0. The van der Waals surface area contributed by atoms with Crippen molar-refractivity contribution in [2.75, 3.05) is 6.54 Å². The summed E-state index contributed by atoms with van der Waals surface area (Å²) in [6, 6.07) is 0. The molecular formula is C10H17N7O2S. The van der Waals surface area contributed by atoms with E-state index in [1.807, 2.05) is 6.92 Å². The van der Waals surface area contributed by atoms with Crippen molar-refractivity contribution in [1.82, 2.24) is 35.0 Å². The number of aromatic amines is 1. The van der Waals surface area contributed by atoms with E-state index in [1.54, 1.807) is 11.6 Å². The van der Waals surface area contributed by atoms with Gasteiger partial charge in [-0.15, -0.1) is 10.2 Å². The van der Waals surface area contributed by atoms with Gasteiger partial charge in [-0.3, -0.25) is 5.10 Å². The SMILES string of the molecule is CCNCc1cn[nH]c1S(=O)(=O)NCc1nncn1C. The lowest BCUT2D eigenvalue weighted by molar-refractivity contribution is 0.570. The Labute approximate surface area is 116 Å². The van der Waals surface area contributed by atoms with Crippen LogP contribution in [0.15, 0.2) is 17.6 Å². The second-order valence-electron chi connectivity index (χ2n) is 4.19. The average Bonchev–Trinajstić information content (AvgIpc) is 3.03. The molecule has 0 spiro atoms. The van der Waals surface area contributed by atoms with Crippen molar-refractivity contribution in [3.05, 3.63) is 23.9 Å². The van der Waals surface area contributed by atoms with Crippen molar-refractivity contribution >= 4 is 10.0 Å². The molecule has 0 saturated heterocycles. The highest BCUT2D eigenvalue weighted by Gasteiger charge is 2.21. The van der Waals surface area contributed by atoms with Gasteiger partial charge in [0.25, 0.3) is 10.0 Å². The number of H-pyrrole nitrogens is 1. The van der Waals surface area contributed by atoms with Crippen molar-refractivity contribution < 1.29 is 8.42 Å². The van der Waals surface area contributed by atoms with Gasteiger partial charge < -0.3 is 9.88 Å². The molecule has 0 aliphatic rings. The third-order valence-corrected chi connectivity index (χ3v) is 4.15. The van der Waals surface area contributed by atoms with E-state index in [0.29, 0.717) is 17.9 Å². The first-order valence-electron chi connectivity index (χ1n) is 6.10. The highest BCUT2D eigenvalue weighted by atomic mass is 32.2. The zero-order valence-corrected chi connectivity index (χ0v) is 12.1. The van der Waals surface area contributed by atoms with Crippen LogP contribution in [0.2, 0.25) is 0 Å². The predicted molar refractivity (Wildman–Crippen MR) is 71.0 cm³/mol. The van der Waals surface area contributed by atoms with Crippen LogP contribution in [-0.4, -0.2) is 39.9 Å². The van der Waals surface area contributed by atoms with Crippen LogP contribution in [0.4, 0.5) is 0 Å². The van der Waals surface area contributed by atoms with Crippen molar-refractivity contribution in [1.29, 1.82) is 0 Å². The summed E-state index contributed by atoms with van der Waals surface area (Å²) >= 11 is 0. The molecule has 0 unspecified atom stereocenters. The number of sulfonamides is 1. The topological polar surface area (TPSA) is 118 Å². The largest absolute Gasteiger partial charge is 0.320 e. The molecule has 2 rings (SSSR count). The van der Waals surface area contributed by atoms with E-state index < -0.39 is 10.0 Å². The Balaban J connectivity index is 2.10. The minimum Gasteiger partial charge on any atom is -0.320 e. The van der Waals surface area contributed by atoms with Crippen LogP contribution in [-0.2, 0) is 30.2 Å². The first kappa shape index (κ1) is 14.6. The summed E-state index contributed by atoms with van der Waals surface area (Å²) in [6.07, 6.45) is 3.01. The molecule has 0 radical (unpaired) electrons. The molecule has 0 aromatic carbocycles. The monoisotopic (exact) mass is 299 g/mol. The van der Waals surface area contributed by atoms with Crippen LogP contribution in [0.25, 0.3) is 0 Å². The van der Waals surface area contributed by atoms with Crippen molar-refractivity contribution in [3.63, 3.8) is 0 Å². The predicted octanol–water partition coefficient (Wildman–Crippen LogP) is -0.874. The van der Waals surface area contributed by atoms with Crippen LogP contribution in [0.5, 0.6) is 0 Å². The minimum atomic E-state index is -3.66. The van der Waals surface area contributed by atoms with Gasteiger partial charge in [0.1, 0.15) is 12.2 Å². The van der Waals surface area contributed by atoms with Crippen LogP contribution in [0.1, 0.15) is 18.3 Å². The van der Waals surface area contributed by atoms with Crippen LogP contribution in [0.3, 0.4) is 0 Å². The number of aryl methyl sites for hydroxylation is 1. The maximum Gasteiger partial charge on any atom is 0.258 e. The zero-order valence-electron chi connectivity index (χ0n) is 11.3. The number of rotatable bonds is 7.